The average molecular weight is 212 g/mol. The normalized spacial score (nSPS) is 12.1. The van der Waals surface area contributed by atoms with E-state index in [1.54, 1.807) is 23.5 Å². The molecule has 0 aliphatic heterocycles. The molecule has 0 N–H and O–H groups in total. The molecular formula is C9H8O2S2. The maximum Gasteiger partial charge on any atom is 0.175 e. The lowest BCUT2D eigenvalue weighted by molar-refractivity contribution is 0.602. The van der Waals surface area contributed by atoms with Gasteiger partial charge in [-0.25, -0.2) is 8.42 Å². The highest BCUT2D eigenvalue weighted by Gasteiger charge is 2.07. The van der Waals surface area contributed by atoms with Gasteiger partial charge in [0.05, 0.1) is 4.90 Å². The predicted molar refractivity (Wildman–Crippen MR) is 54.9 cm³/mol. The summed E-state index contributed by atoms with van der Waals surface area (Å²) < 4.78 is 23.5. The number of rotatable bonds is 1. The highest BCUT2D eigenvalue weighted by Crippen LogP contribution is 2.23. The van der Waals surface area contributed by atoms with Crippen LogP contribution in [-0.4, -0.2) is 14.7 Å². The van der Waals surface area contributed by atoms with Crippen LogP contribution in [0.2, 0.25) is 0 Å². The number of thiophene rings is 1. The van der Waals surface area contributed by atoms with Gasteiger partial charge in [-0.05, 0) is 35.0 Å². The van der Waals surface area contributed by atoms with Gasteiger partial charge >= 0.3 is 0 Å². The maximum absolute atomic E-state index is 11.2. The smallest absolute Gasteiger partial charge is 0.175 e. The Bertz CT molecular complexity index is 537. The Labute approximate surface area is 80.7 Å². The number of sulfone groups is 1. The first-order valence-electron chi connectivity index (χ1n) is 3.75. The molecule has 0 aliphatic carbocycles. The van der Waals surface area contributed by atoms with Crippen LogP contribution >= 0.6 is 11.3 Å². The van der Waals surface area contributed by atoms with Gasteiger partial charge in [0.15, 0.2) is 9.84 Å². The molecule has 68 valence electrons. The van der Waals surface area contributed by atoms with E-state index in [9.17, 15) is 8.42 Å². The molecule has 0 unspecified atom stereocenters. The van der Waals surface area contributed by atoms with Crippen molar-refractivity contribution in [3.63, 3.8) is 0 Å². The molecule has 2 aromatic rings. The van der Waals surface area contributed by atoms with E-state index in [-0.39, 0.29) is 0 Å². The summed E-state index contributed by atoms with van der Waals surface area (Å²) in [6.07, 6.45) is 1.22. The fraction of sp³-hybridized carbons (Fsp3) is 0.111. The zero-order valence-electron chi connectivity index (χ0n) is 7.02. The van der Waals surface area contributed by atoms with Crippen molar-refractivity contribution in [2.24, 2.45) is 0 Å². The summed E-state index contributed by atoms with van der Waals surface area (Å²) in [7, 11) is -3.07. The molecule has 0 atom stereocenters. The molecule has 0 spiro atoms. The zero-order chi connectivity index (χ0) is 9.47. The molecule has 0 aliphatic rings. The SMILES string of the molecule is CS(=O)(=O)c1ccc2sccc2c1. The maximum atomic E-state index is 11.2. The molecule has 1 aromatic heterocycles. The topological polar surface area (TPSA) is 34.1 Å². The third kappa shape index (κ3) is 1.59. The van der Waals surface area contributed by atoms with E-state index >= 15 is 0 Å². The summed E-state index contributed by atoms with van der Waals surface area (Å²) in [6.45, 7) is 0. The second kappa shape index (κ2) is 2.82. The van der Waals surface area contributed by atoms with E-state index < -0.39 is 9.84 Å². The van der Waals surface area contributed by atoms with Crippen LogP contribution in [0.4, 0.5) is 0 Å². The first kappa shape index (κ1) is 8.72. The summed E-state index contributed by atoms with van der Waals surface area (Å²) in [5.74, 6) is 0. The summed E-state index contributed by atoms with van der Waals surface area (Å²) in [6, 6.07) is 7.13. The molecule has 0 fully saturated rings. The number of hydrogen-bond acceptors (Lipinski definition) is 3. The van der Waals surface area contributed by atoms with Gasteiger partial charge < -0.3 is 0 Å². The molecule has 0 bridgehead atoms. The van der Waals surface area contributed by atoms with Gasteiger partial charge in [0, 0.05) is 11.0 Å². The minimum absolute atomic E-state index is 0.387. The van der Waals surface area contributed by atoms with Gasteiger partial charge in [0.1, 0.15) is 0 Å². The van der Waals surface area contributed by atoms with E-state index in [4.69, 9.17) is 0 Å². The van der Waals surface area contributed by atoms with Crippen molar-refractivity contribution in [3.8, 4) is 0 Å². The summed E-state index contributed by atoms with van der Waals surface area (Å²) >= 11 is 1.61. The molecule has 13 heavy (non-hydrogen) atoms. The Balaban J connectivity index is 2.75. The third-order valence-corrected chi connectivity index (χ3v) is 3.86. The molecule has 1 aromatic carbocycles. The Morgan fingerprint density at radius 3 is 2.69 bits per heavy atom. The molecule has 0 saturated heterocycles. The van der Waals surface area contributed by atoms with Gasteiger partial charge in [-0.2, -0.15) is 0 Å². The zero-order valence-corrected chi connectivity index (χ0v) is 8.65. The van der Waals surface area contributed by atoms with Crippen molar-refractivity contribution in [1.29, 1.82) is 0 Å². The molecule has 0 amide bonds. The number of benzene rings is 1. The minimum atomic E-state index is -3.07. The van der Waals surface area contributed by atoms with E-state index in [0.29, 0.717) is 4.90 Å². The lowest BCUT2D eigenvalue weighted by atomic mass is 10.3. The average Bonchev–Trinajstić information content (AvgIpc) is 2.47. The van der Waals surface area contributed by atoms with E-state index in [1.807, 2.05) is 17.5 Å². The van der Waals surface area contributed by atoms with E-state index in [2.05, 4.69) is 0 Å². The van der Waals surface area contributed by atoms with Crippen LogP contribution < -0.4 is 0 Å². The Hall–Kier alpha value is -0.870. The Morgan fingerprint density at radius 1 is 1.23 bits per heavy atom. The Morgan fingerprint density at radius 2 is 2.00 bits per heavy atom. The summed E-state index contributed by atoms with van der Waals surface area (Å²) in [5.41, 5.74) is 0. The van der Waals surface area contributed by atoms with Crippen LogP contribution in [0.1, 0.15) is 0 Å². The molecule has 2 nitrogen and oxygen atoms in total. The number of fused-ring (bicyclic) bond motifs is 1. The molecule has 0 radical (unpaired) electrons. The summed E-state index contributed by atoms with van der Waals surface area (Å²) in [5, 5.41) is 2.95. The first-order valence-corrected chi connectivity index (χ1v) is 6.52. The molecular weight excluding hydrogens is 204 g/mol. The molecule has 2 rings (SSSR count). The second-order valence-corrected chi connectivity index (χ2v) is 5.86. The van der Waals surface area contributed by atoms with Gasteiger partial charge in [-0.15, -0.1) is 11.3 Å². The van der Waals surface area contributed by atoms with Gasteiger partial charge in [-0.1, -0.05) is 0 Å². The van der Waals surface area contributed by atoms with Gasteiger partial charge in [-0.3, -0.25) is 0 Å². The van der Waals surface area contributed by atoms with Crippen LogP contribution in [0.25, 0.3) is 10.1 Å². The van der Waals surface area contributed by atoms with Crippen molar-refractivity contribution < 1.29 is 8.42 Å². The van der Waals surface area contributed by atoms with Crippen molar-refractivity contribution in [2.45, 2.75) is 4.90 Å². The standard InChI is InChI=1S/C9H8O2S2/c1-13(10,11)8-2-3-9-7(6-8)4-5-12-9/h2-6H,1H3. The fourth-order valence-electron chi connectivity index (χ4n) is 1.18. The van der Waals surface area contributed by atoms with Crippen LogP contribution in [-0.2, 0) is 9.84 Å². The lowest BCUT2D eigenvalue weighted by Crippen LogP contribution is -1.95. The predicted octanol–water partition coefficient (Wildman–Crippen LogP) is 2.30. The molecule has 1 heterocycles. The van der Waals surface area contributed by atoms with Crippen LogP contribution in [0.5, 0.6) is 0 Å². The van der Waals surface area contributed by atoms with Crippen LogP contribution in [0, 0.1) is 0 Å². The van der Waals surface area contributed by atoms with Crippen LogP contribution in [0.3, 0.4) is 0 Å². The quantitative estimate of drug-likeness (QED) is 0.727. The highest BCUT2D eigenvalue weighted by molar-refractivity contribution is 7.90. The summed E-state index contributed by atoms with van der Waals surface area (Å²) in [4.78, 5) is 0.387. The van der Waals surface area contributed by atoms with E-state index in [0.717, 1.165) is 10.1 Å². The van der Waals surface area contributed by atoms with Crippen molar-refractivity contribution in [1.82, 2.24) is 0 Å². The Kier molecular flexibility index (Phi) is 1.89. The largest absolute Gasteiger partial charge is 0.224 e. The van der Waals surface area contributed by atoms with Gasteiger partial charge in [0.2, 0.25) is 0 Å². The van der Waals surface area contributed by atoms with Gasteiger partial charge in [0.25, 0.3) is 0 Å². The fourth-order valence-corrected chi connectivity index (χ4v) is 2.60. The first-order chi connectivity index (χ1) is 6.07. The van der Waals surface area contributed by atoms with Crippen molar-refractivity contribution >= 4 is 31.3 Å². The van der Waals surface area contributed by atoms with Crippen molar-refractivity contribution in [3.05, 3.63) is 29.6 Å². The lowest BCUT2D eigenvalue weighted by Gasteiger charge is -1.96. The number of hydrogen-bond donors (Lipinski definition) is 0. The monoisotopic (exact) mass is 212 g/mol. The molecule has 0 saturated carbocycles. The third-order valence-electron chi connectivity index (χ3n) is 1.85. The second-order valence-electron chi connectivity index (χ2n) is 2.89. The van der Waals surface area contributed by atoms with E-state index in [1.165, 1.54) is 6.26 Å². The van der Waals surface area contributed by atoms with Crippen LogP contribution in [0.15, 0.2) is 34.5 Å². The highest BCUT2D eigenvalue weighted by atomic mass is 32.2. The van der Waals surface area contributed by atoms with Crippen molar-refractivity contribution in [2.75, 3.05) is 6.26 Å². The minimum Gasteiger partial charge on any atom is -0.224 e. The molecule has 4 heteroatoms.